The summed E-state index contributed by atoms with van der Waals surface area (Å²) in [4.78, 5) is 10.6. The van der Waals surface area contributed by atoms with Gasteiger partial charge in [0.1, 0.15) is 0 Å². The van der Waals surface area contributed by atoms with Crippen LogP contribution in [0.4, 0.5) is 5.69 Å². The van der Waals surface area contributed by atoms with E-state index in [0.29, 0.717) is 6.54 Å². The third kappa shape index (κ3) is 3.89. The van der Waals surface area contributed by atoms with Crippen LogP contribution in [0.25, 0.3) is 0 Å². The lowest BCUT2D eigenvalue weighted by Crippen LogP contribution is -2.18. The molecule has 0 fully saturated rings. The fourth-order valence-corrected chi connectivity index (χ4v) is 2.63. The number of halogens is 1. The summed E-state index contributed by atoms with van der Waals surface area (Å²) >= 11 is 3.46. The van der Waals surface area contributed by atoms with Gasteiger partial charge in [0.2, 0.25) is 0 Å². The van der Waals surface area contributed by atoms with Gasteiger partial charge in [-0.1, -0.05) is 40.2 Å². The fraction of sp³-hybridized carbons (Fsp3) is 0.250. The minimum absolute atomic E-state index is 0.168. The number of benzene rings is 2. The standard InChI is InChI=1S/C16H17BrN2O2/c1-11-14(6-4-8-16(11)19(20)21)10-18-12(2)13-5-3-7-15(17)9-13/h3-9,12,18H,10H2,1-2H3. The van der Waals surface area contributed by atoms with E-state index in [0.717, 1.165) is 15.6 Å². The zero-order valence-corrected chi connectivity index (χ0v) is 13.6. The maximum Gasteiger partial charge on any atom is 0.272 e. The normalized spacial score (nSPS) is 12.1. The Balaban J connectivity index is 2.10. The van der Waals surface area contributed by atoms with Crippen molar-refractivity contribution in [3.63, 3.8) is 0 Å². The van der Waals surface area contributed by atoms with Gasteiger partial charge in [0.15, 0.2) is 0 Å². The predicted molar refractivity (Wildman–Crippen MR) is 87.2 cm³/mol. The summed E-state index contributed by atoms with van der Waals surface area (Å²) in [6, 6.07) is 13.5. The maximum absolute atomic E-state index is 11.0. The molecule has 0 bridgehead atoms. The summed E-state index contributed by atoms with van der Waals surface area (Å²) in [6.07, 6.45) is 0. The molecule has 4 nitrogen and oxygen atoms in total. The van der Waals surface area contributed by atoms with Crippen molar-refractivity contribution >= 4 is 21.6 Å². The summed E-state index contributed by atoms with van der Waals surface area (Å²) in [5.74, 6) is 0. The number of nitrogens with one attached hydrogen (secondary N) is 1. The Kier molecular flexibility index (Phi) is 5.09. The van der Waals surface area contributed by atoms with Crippen LogP contribution in [0.3, 0.4) is 0 Å². The van der Waals surface area contributed by atoms with Gasteiger partial charge in [-0.25, -0.2) is 0 Å². The molecule has 2 rings (SSSR count). The van der Waals surface area contributed by atoms with Crippen LogP contribution in [-0.4, -0.2) is 4.92 Å². The van der Waals surface area contributed by atoms with E-state index in [4.69, 9.17) is 0 Å². The first kappa shape index (κ1) is 15.7. The van der Waals surface area contributed by atoms with E-state index in [2.05, 4.69) is 40.3 Å². The second kappa shape index (κ2) is 6.83. The first-order chi connectivity index (χ1) is 9.99. The molecule has 0 radical (unpaired) electrons. The topological polar surface area (TPSA) is 55.2 Å². The van der Waals surface area contributed by atoms with Gasteiger partial charge in [-0.05, 0) is 37.1 Å². The van der Waals surface area contributed by atoms with Crippen molar-refractivity contribution in [3.05, 3.63) is 73.7 Å². The van der Waals surface area contributed by atoms with Crippen molar-refractivity contribution in [2.75, 3.05) is 0 Å². The largest absolute Gasteiger partial charge is 0.306 e. The molecule has 5 heteroatoms. The van der Waals surface area contributed by atoms with Gasteiger partial charge in [0, 0.05) is 28.7 Å². The Bertz CT molecular complexity index is 658. The maximum atomic E-state index is 11.0. The highest BCUT2D eigenvalue weighted by Gasteiger charge is 2.13. The van der Waals surface area contributed by atoms with Crippen molar-refractivity contribution in [1.29, 1.82) is 0 Å². The summed E-state index contributed by atoms with van der Waals surface area (Å²) in [5.41, 5.74) is 3.01. The first-order valence-corrected chi connectivity index (χ1v) is 7.50. The Labute approximate surface area is 132 Å². The van der Waals surface area contributed by atoms with Crippen LogP contribution >= 0.6 is 15.9 Å². The number of rotatable bonds is 5. The number of hydrogen-bond acceptors (Lipinski definition) is 3. The van der Waals surface area contributed by atoms with Crippen molar-refractivity contribution in [1.82, 2.24) is 5.32 Å². The minimum Gasteiger partial charge on any atom is -0.306 e. The van der Waals surface area contributed by atoms with Crippen molar-refractivity contribution in [2.24, 2.45) is 0 Å². The van der Waals surface area contributed by atoms with Crippen LogP contribution < -0.4 is 5.32 Å². The molecule has 0 aliphatic carbocycles. The van der Waals surface area contributed by atoms with Crippen LogP contribution in [0.15, 0.2) is 46.9 Å². The Morgan fingerprint density at radius 3 is 2.67 bits per heavy atom. The predicted octanol–water partition coefficient (Wildman–Crippen LogP) is 4.52. The molecule has 0 amide bonds. The average Bonchev–Trinajstić information content (AvgIpc) is 2.45. The molecule has 0 spiro atoms. The van der Waals surface area contributed by atoms with Gasteiger partial charge in [-0.2, -0.15) is 0 Å². The van der Waals surface area contributed by atoms with E-state index in [9.17, 15) is 10.1 Å². The summed E-state index contributed by atoms with van der Waals surface area (Å²) in [5, 5.41) is 14.4. The second-order valence-electron chi connectivity index (χ2n) is 4.98. The third-order valence-corrected chi connectivity index (χ3v) is 4.05. The second-order valence-corrected chi connectivity index (χ2v) is 5.89. The fourth-order valence-electron chi connectivity index (χ4n) is 2.22. The highest BCUT2D eigenvalue weighted by molar-refractivity contribution is 9.10. The van der Waals surface area contributed by atoms with Crippen LogP contribution in [-0.2, 0) is 6.54 Å². The van der Waals surface area contributed by atoms with E-state index >= 15 is 0 Å². The van der Waals surface area contributed by atoms with E-state index in [-0.39, 0.29) is 16.7 Å². The quantitative estimate of drug-likeness (QED) is 0.638. The average molecular weight is 349 g/mol. The number of nitrogens with zero attached hydrogens (tertiary/aromatic N) is 1. The van der Waals surface area contributed by atoms with Gasteiger partial charge in [-0.15, -0.1) is 0 Å². The number of nitro benzene ring substituents is 1. The van der Waals surface area contributed by atoms with E-state index < -0.39 is 0 Å². The van der Waals surface area contributed by atoms with Gasteiger partial charge in [0.25, 0.3) is 5.69 Å². The Morgan fingerprint density at radius 1 is 1.29 bits per heavy atom. The van der Waals surface area contributed by atoms with Crippen LogP contribution in [0.5, 0.6) is 0 Å². The Hall–Kier alpha value is -1.72. The zero-order valence-electron chi connectivity index (χ0n) is 12.0. The third-order valence-electron chi connectivity index (χ3n) is 3.56. The smallest absolute Gasteiger partial charge is 0.272 e. The zero-order chi connectivity index (χ0) is 15.4. The van der Waals surface area contributed by atoms with E-state index in [1.165, 1.54) is 11.6 Å². The van der Waals surface area contributed by atoms with E-state index in [1.54, 1.807) is 13.0 Å². The van der Waals surface area contributed by atoms with Crippen LogP contribution in [0, 0.1) is 17.0 Å². The molecule has 0 aliphatic heterocycles. The lowest BCUT2D eigenvalue weighted by molar-refractivity contribution is -0.385. The Morgan fingerprint density at radius 2 is 2.00 bits per heavy atom. The van der Waals surface area contributed by atoms with Crippen LogP contribution in [0.1, 0.15) is 29.7 Å². The molecule has 0 saturated heterocycles. The number of nitro groups is 1. The monoisotopic (exact) mass is 348 g/mol. The molecule has 21 heavy (non-hydrogen) atoms. The molecule has 1 unspecified atom stereocenters. The van der Waals surface area contributed by atoms with Gasteiger partial charge in [0.05, 0.1) is 4.92 Å². The number of hydrogen-bond donors (Lipinski definition) is 1. The van der Waals surface area contributed by atoms with Gasteiger partial charge < -0.3 is 5.32 Å². The van der Waals surface area contributed by atoms with Crippen molar-refractivity contribution in [2.45, 2.75) is 26.4 Å². The highest BCUT2D eigenvalue weighted by Crippen LogP contribution is 2.22. The molecule has 0 aliphatic rings. The molecule has 2 aromatic carbocycles. The first-order valence-electron chi connectivity index (χ1n) is 6.70. The lowest BCUT2D eigenvalue weighted by atomic mass is 10.1. The molecule has 1 N–H and O–H groups in total. The molecule has 110 valence electrons. The van der Waals surface area contributed by atoms with Crippen molar-refractivity contribution < 1.29 is 4.92 Å². The van der Waals surface area contributed by atoms with E-state index in [1.807, 2.05) is 18.2 Å². The minimum atomic E-state index is -0.337. The summed E-state index contributed by atoms with van der Waals surface area (Å²) < 4.78 is 1.04. The highest BCUT2D eigenvalue weighted by atomic mass is 79.9. The molecule has 0 heterocycles. The van der Waals surface area contributed by atoms with Crippen LogP contribution in [0.2, 0.25) is 0 Å². The molecular formula is C16H17BrN2O2. The van der Waals surface area contributed by atoms with Gasteiger partial charge >= 0.3 is 0 Å². The molecule has 1 atom stereocenters. The molecule has 0 aromatic heterocycles. The van der Waals surface area contributed by atoms with Crippen molar-refractivity contribution in [3.8, 4) is 0 Å². The SMILES string of the molecule is Cc1c(CNC(C)c2cccc(Br)c2)cccc1[N+](=O)[O-]. The molecular weight excluding hydrogens is 332 g/mol. The molecule has 2 aromatic rings. The summed E-state index contributed by atoms with van der Waals surface area (Å²) in [7, 11) is 0. The van der Waals surface area contributed by atoms with Gasteiger partial charge in [-0.3, -0.25) is 10.1 Å². The molecule has 0 saturated carbocycles. The lowest BCUT2D eigenvalue weighted by Gasteiger charge is -2.15. The summed E-state index contributed by atoms with van der Waals surface area (Å²) in [6.45, 7) is 4.47.